The molecular weight excluding hydrogens is 278 g/mol. The van der Waals surface area contributed by atoms with Crippen LogP contribution in [0.5, 0.6) is 5.75 Å². The van der Waals surface area contributed by atoms with Gasteiger partial charge in [-0.2, -0.15) is 0 Å². The number of ether oxygens (including phenoxy) is 1. The minimum absolute atomic E-state index is 0.124. The smallest absolute Gasteiger partial charge is 0.125 e. The fourth-order valence-electron chi connectivity index (χ4n) is 2.35. The summed E-state index contributed by atoms with van der Waals surface area (Å²) in [6.45, 7) is 2.22. The summed E-state index contributed by atoms with van der Waals surface area (Å²) in [5.41, 5.74) is 7.33. The van der Waals surface area contributed by atoms with E-state index in [1.54, 1.807) is 0 Å². The molecule has 0 amide bonds. The molecule has 1 heterocycles. The summed E-state index contributed by atoms with van der Waals surface area (Å²) in [6.07, 6.45) is 6.11. The zero-order valence-electron chi connectivity index (χ0n) is 10.3. The average Bonchev–Trinajstić information content (AvgIpc) is 2.28. The molecule has 0 bridgehead atoms. The van der Waals surface area contributed by atoms with Crippen molar-refractivity contribution in [3.8, 4) is 5.75 Å². The van der Waals surface area contributed by atoms with Crippen LogP contribution in [-0.2, 0) is 0 Å². The highest BCUT2D eigenvalue weighted by Crippen LogP contribution is 2.36. The molecule has 1 aromatic rings. The Morgan fingerprint density at radius 1 is 1.41 bits per heavy atom. The van der Waals surface area contributed by atoms with Crippen LogP contribution in [0.15, 0.2) is 22.7 Å². The molecule has 0 saturated heterocycles. The molecule has 0 saturated carbocycles. The molecule has 2 N–H and O–H groups in total. The van der Waals surface area contributed by atoms with E-state index < -0.39 is 0 Å². The summed E-state index contributed by atoms with van der Waals surface area (Å²) in [4.78, 5) is 0. The van der Waals surface area contributed by atoms with Gasteiger partial charge < -0.3 is 10.5 Å². The van der Waals surface area contributed by atoms with Crippen molar-refractivity contribution < 1.29 is 4.74 Å². The molecular formula is C14H20BrNO. The van der Waals surface area contributed by atoms with Crippen molar-refractivity contribution in [1.29, 1.82) is 0 Å². The summed E-state index contributed by atoms with van der Waals surface area (Å²) in [6, 6.07) is 6.24. The lowest BCUT2D eigenvalue weighted by Gasteiger charge is -2.30. The van der Waals surface area contributed by atoms with E-state index in [-0.39, 0.29) is 6.04 Å². The molecule has 0 spiro atoms. The maximum absolute atomic E-state index is 6.20. The molecule has 2 nitrogen and oxygen atoms in total. The summed E-state index contributed by atoms with van der Waals surface area (Å²) in [7, 11) is 0. The van der Waals surface area contributed by atoms with E-state index in [1.165, 1.54) is 19.3 Å². The van der Waals surface area contributed by atoms with Gasteiger partial charge >= 0.3 is 0 Å². The molecule has 0 radical (unpaired) electrons. The first-order chi connectivity index (χ1) is 8.20. The number of benzene rings is 1. The number of rotatable bonds is 4. The Hall–Kier alpha value is -0.540. The zero-order valence-corrected chi connectivity index (χ0v) is 11.9. The second-order valence-corrected chi connectivity index (χ2v) is 5.68. The quantitative estimate of drug-likeness (QED) is 0.846. The minimum atomic E-state index is 0.124. The van der Waals surface area contributed by atoms with Crippen LogP contribution < -0.4 is 10.5 Å². The van der Waals surface area contributed by atoms with Crippen LogP contribution in [0.4, 0.5) is 0 Å². The maximum Gasteiger partial charge on any atom is 0.125 e. The van der Waals surface area contributed by atoms with Gasteiger partial charge in [-0.1, -0.05) is 41.8 Å². The highest BCUT2D eigenvalue weighted by Gasteiger charge is 2.25. The normalized spacial score (nSPS) is 23.0. The summed E-state index contributed by atoms with van der Waals surface area (Å²) in [5.74, 6) is 0.958. The highest BCUT2D eigenvalue weighted by molar-refractivity contribution is 9.10. The Balaban J connectivity index is 2.04. The van der Waals surface area contributed by atoms with Gasteiger partial charge in [-0.3, -0.25) is 0 Å². The van der Waals surface area contributed by atoms with Crippen LogP contribution in [0, 0.1) is 0 Å². The first kappa shape index (κ1) is 12.9. The van der Waals surface area contributed by atoms with Gasteiger partial charge in [0.25, 0.3) is 0 Å². The second kappa shape index (κ2) is 5.87. The summed E-state index contributed by atoms with van der Waals surface area (Å²) >= 11 is 3.47. The standard InChI is InChI=1S/C14H20BrNO/c1-2-3-4-5-11-9-13(16)12-7-6-10(15)8-14(12)17-11/h6-8,11,13H,2-5,9,16H2,1H3/t11?,13-/m0/s1. The lowest BCUT2D eigenvalue weighted by molar-refractivity contribution is 0.147. The third-order valence-electron chi connectivity index (χ3n) is 3.32. The Morgan fingerprint density at radius 2 is 2.24 bits per heavy atom. The minimum Gasteiger partial charge on any atom is -0.490 e. The van der Waals surface area contributed by atoms with Crippen LogP contribution in [0.3, 0.4) is 0 Å². The molecule has 0 aromatic heterocycles. The number of hydrogen-bond donors (Lipinski definition) is 1. The predicted molar refractivity (Wildman–Crippen MR) is 74.2 cm³/mol. The van der Waals surface area contributed by atoms with Crippen molar-refractivity contribution in [1.82, 2.24) is 0 Å². The van der Waals surface area contributed by atoms with Gasteiger partial charge in [0.1, 0.15) is 11.9 Å². The number of halogens is 1. The van der Waals surface area contributed by atoms with Gasteiger partial charge in [0.15, 0.2) is 0 Å². The molecule has 1 aliphatic rings. The molecule has 3 heteroatoms. The molecule has 94 valence electrons. The molecule has 0 aliphatic carbocycles. The Morgan fingerprint density at radius 3 is 3.00 bits per heavy atom. The van der Waals surface area contributed by atoms with Gasteiger partial charge in [0.2, 0.25) is 0 Å². The third-order valence-corrected chi connectivity index (χ3v) is 3.81. The summed E-state index contributed by atoms with van der Waals surface area (Å²) in [5, 5.41) is 0. The van der Waals surface area contributed by atoms with E-state index in [1.807, 2.05) is 12.1 Å². The molecule has 0 fully saturated rings. The lowest BCUT2D eigenvalue weighted by Crippen LogP contribution is -2.29. The Kier molecular flexibility index (Phi) is 4.46. The van der Waals surface area contributed by atoms with Crippen LogP contribution >= 0.6 is 15.9 Å². The second-order valence-electron chi connectivity index (χ2n) is 4.76. The van der Waals surface area contributed by atoms with E-state index in [2.05, 4.69) is 28.9 Å². The van der Waals surface area contributed by atoms with Gasteiger partial charge in [-0.15, -0.1) is 0 Å². The highest BCUT2D eigenvalue weighted by atomic mass is 79.9. The van der Waals surface area contributed by atoms with Crippen molar-refractivity contribution in [3.63, 3.8) is 0 Å². The Labute approximate surface area is 112 Å². The molecule has 2 rings (SSSR count). The monoisotopic (exact) mass is 297 g/mol. The SMILES string of the molecule is CCCCCC1C[C@H](N)c2ccc(Br)cc2O1. The van der Waals surface area contributed by atoms with Gasteiger partial charge in [-0.25, -0.2) is 0 Å². The van der Waals surface area contributed by atoms with E-state index in [9.17, 15) is 0 Å². The van der Waals surface area contributed by atoms with Crippen molar-refractivity contribution in [2.75, 3.05) is 0 Å². The van der Waals surface area contributed by atoms with E-state index in [0.717, 1.165) is 28.6 Å². The number of unbranched alkanes of at least 4 members (excludes halogenated alkanes) is 2. The fourth-order valence-corrected chi connectivity index (χ4v) is 2.69. The van der Waals surface area contributed by atoms with Gasteiger partial charge in [0.05, 0.1) is 0 Å². The number of hydrogen-bond acceptors (Lipinski definition) is 2. The first-order valence-corrected chi connectivity index (χ1v) is 7.21. The topological polar surface area (TPSA) is 35.2 Å². The molecule has 17 heavy (non-hydrogen) atoms. The Bertz CT molecular complexity index is 380. The van der Waals surface area contributed by atoms with Crippen molar-refractivity contribution in [2.24, 2.45) is 5.73 Å². The maximum atomic E-state index is 6.20. The largest absolute Gasteiger partial charge is 0.490 e. The van der Waals surface area contributed by atoms with Crippen LogP contribution in [0.2, 0.25) is 0 Å². The van der Waals surface area contributed by atoms with Crippen LogP contribution in [0.25, 0.3) is 0 Å². The predicted octanol–water partition coefficient (Wildman–Crippen LogP) is 4.18. The van der Waals surface area contributed by atoms with Gasteiger partial charge in [0, 0.05) is 22.5 Å². The van der Waals surface area contributed by atoms with Gasteiger partial charge in [-0.05, 0) is 25.0 Å². The average molecular weight is 298 g/mol. The fraction of sp³-hybridized carbons (Fsp3) is 0.571. The van der Waals surface area contributed by atoms with Crippen molar-refractivity contribution in [2.45, 2.75) is 51.2 Å². The summed E-state index contributed by atoms with van der Waals surface area (Å²) < 4.78 is 7.07. The van der Waals surface area contributed by atoms with Crippen LogP contribution in [0.1, 0.15) is 50.6 Å². The lowest BCUT2D eigenvalue weighted by atomic mass is 9.95. The van der Waals surface area contributed by atoms with E-state index >= 15 is 0 Å². The zero-order chi connectivity index (χ0) is 12.3. The molecule has 1 unspecified atom stereocenters. The third kappa shape index (κ3) is 3.23. The van der Waals surface area contributed by atoms with E-state index in [0.29, 0.717) is 6.10 Å². The molecule has 2 atom stereocenters. The number of nitrogens with two attached hydrogens (primary N) is 1. The molecule has 1 aliphatic heterocycles. The van der Waals surface area contributed by atoms with Crippen molar-refractivity contribution in [3.05, 3.63) is 28.2 Å². The van der Waals surface area contributed by atoms with Crippen molar-refractivity contribution >= 4 is 15.9 Å². The number of fused-ring (bicyclic) bond motifs is 1. The van der Waals surface area contributed by atoms with Crippen LogP contribution in [-0.4, -0.2) is 6.10 Å². The molecule has 1 aromatic carbocycles. The van der Waals surface area contributed by atoms with E-state index in [4.69, 9.17) is 10.5 Å². The first-order valence-electron chi connectivity index (χ1n) is 6.42.